The molecule has 3 rings (SSSR count). The van der Waals surface area contributed by atoms with E-state index in [9.17, 15) is 14.0 Å². The summed E-state index contributed by atoms with van der Waals surface area (Å²) >= 11 is 6.96. The summed E-state index contributed by atoms with van der Waals surface area (Å²) in [6.07, 6.45) is -0.353. The van der Waals surface area contributed by atoms with E-state index in [4.69, 9.17) is 16.7 Å². The van der Waals surface area contributed by atoms with Crippen molar-refractivity contribution >= 4 is 39.9 Å². The number of nitrogens with zero attached hydrogens (tertiary/aromatic N) is 3. The number of alkyl halides is 1. The van der Waals surface area contributed by atoms with Crippen LogP contribution in [0.1, 0.15) is 45.0 Å². The van der Waals surface area contributed by atoms with E-state index in [0.29, 0.717) is 35.9 Å². The molecular weight excluding hydrogens is 397 g/mol. The number of piperidine rings is 1. The number of carbonyl (C=O) groups is 2. The Morgan fingerprint density at radius 3 is 2.78 bits per heavy atom. The van der Waals surface area contributed by atoms with Crippen molar-refractivity contribution in [1.29, 1.82) is 0 Å². The van der Waals surface area contributed by atoms with Gasteiger partial charge >= 0.3 is 5.97 Å². The molecule has 0 radical (unpaired) electrons. The number of carboxylic acid groups (broad SMARTS) is 1. The Balaban J connectivity index is 1.63. The summed E-state index contributed by atoms with van der Waals surface area (Å²) in [6.45, 7) is 3.97. The van der Waals surface area contributed by atoms with Crippen LogP contribution in [0.25, 0.3) is 0 Å². The number of thiazole rings is 1. The molecule has 27 heavy (non-hydrogen) atoms. The smallest absolute Gasteiger partial charge is 0.347 e. The van der Waals surface area contributed by atoms with Gasteiger partial charge in [0, 0.05) is 6.54 Å². The Labute approximate surface area is 163 Å². The molecule has 8 nitrogen and oxygen atoms in total. The normalized spacial score (nSPS) is 19.9. The molecule has 0 saturated carbocycles. The van der Waals surface area contributed by atoms with Crippen molar-refractivity contribution in [3.05, 3.63) is 27.2 Å². The molecule has 2 aromatic heterocycles. The Morgan fingerprint density at radius 2 is 2.22 bits per heavy atom. The largest absolute Gasteiger partial charge is 0.477 e. The summed E-state index contributed by atoms with van der Waals surface area (Å²) in [6, 6.07) is -0.664. The number of hydrogen-bond donors (Lipinski definition) is 3. The molecule has 0 bridgehead atoms. The molecule has 0 aliphatic carbocycles. The second kappa shape index (κ2) is 7.81. The number of anilines is 1. The van der Waals surface area contributed by atoms with Crippen LogP contribution >= 0.6 is 22.9 Å². The minimum Gasteiger partial charge on any atom is -0.477 e. The van der Waals surface area contributed by atoms with Gasteiger partial charge in [0.25, 0.3) is 5.91 Å². The zero-order chi connectivity index (χ0) is 19.7. The van der Waals surface area contributed by atoms with Crippen LogP contribution in [0.5, 0.6) is 0 Å². The third-order valence-electron chi connectivity index (χ3n) is 4.40. The minimum absolute atomic E-state index is 0.0239. The fourth-order valence-corrected chi connectivity index (χ4v) is 4.13. The second-order valence-electron chi connectivity index (χ2n) is 6.26. The van der Waals surface area contributed by atoms with Crippen LogP contribution in [0.4, 0.5) is 9.52 Å². The average molecular weight is 416 g/mol. The van der Waals surface area contributed by atoms with E-state index < -0.39 is 24.1 Å². The number of carboxylic acids is 1. The van der Waals surface area contributed by atoms with Gasteiger partial charge < -0.3 is 20.3 Å². The maximum Gasteiger partial charge on any atom is 0.347 e. The van der Waals surface area contributed by atoms with Crippen LogP contribution in [0.3, 0.4) is 0 Å². The molecular formula is C16H19ClFN5O3S. The van der Waals surface area contributed by atoms with Gasteiger partial charge in [0.2, 0.25) is 0 Å². The Hall–Kier alpha value is -2.20. The monoisotopic (exact) mass is 415 g/mol. The standard InChI is InChI=1S/C16H19ClFN5O3S/c1-3-9-12(17)22-13(20-9)14(24)21-10-4-5-23(6-8(10)18)16-19-7(2)11(27-16)15(25)26/h8,10H,3-6H2,1-2H3,(H,20,22)(H,21,24)(H,25,26)/t8-,10+/m0/s1. The Kier molecular flexibility index (Phi) is 5.66. The topological polar surface area (TPSA) is 111 Å². The number of aryl methyl sites for hydroxylation is 2. The quantitative estimate of drug-likeness (QED) is 0.691. The summed E-state index contributed by atoms with van der Waals surface area (Å²) in [7, 11) is 0. The van der Waals surface area contributed by atoms with Crippen molar-refractivity contribution in [1.82, 2.24) is 20.3 Å². The van der Waals surface area contributed by atoms with Crippen molar-refractivity contribution in [3.63, 3.8) is 0 Å². The predicted molar refractivity (Wildman–Crippen MR) is 99.8 cm³/mol. The van der Waals surface area contributed by atoms with Crippen molar-refractivity contribution < 1.29 is 19.1 Å². The van der Waals surface area contributed by atoms with Crippen LogP contribution in [0.15, 0.2) is 0 Å². The highest BCUT2D eigenvalue weighted by atomic mass is 35.5. The molecule has 1 saturated heterocycles. The molecule has 1 fully saturated rings. The summed E-state index contributed by atoms with van der Waals surface area (Å²) < 4.78 is 14.6. The van der Waals surface area contributed by atoms with Crippen molar-refractivity contribution in [2.75, 3.05) is 18.0 Å². The number of H-pyrrole nitrogens is 1. The van der Waals surface area contributed by atoms with Crippen molar-refractivity contribution in [3.8, 4) is 0 Å². The van der Waals surface area contributed by atoms with Gasteiger partial charge in [0.15, 0.2) is 16.1 Å². The average Bonchev–Trinajstić information content (AvgIpc) is 3.19. The first-order valence-corrected chi connectivity index (χ1v) is 9.64. The molecule has 3 heterocycles. The number of amides is 1. The highest BCUT2D eigenvalue weighted by molar-refractivity contribution is 7.17. The number of aromatic nitrogens is 3. The number of halogens is 2. The van der Waals surface area contributed by atoms with E-state index in [1.807, 2.05) is 6.92 Å². The van der Waals surface area contributed by atoms with E-state index in [1.54, 1.807) is 11.8 Å². The first-order chi connectivity index (χ1) is 12.8. The fourth-order valence-electron chi connectivity index (χ4n) is 2.92. The molecule has 1 amide bonds. The number of carbonyl (C=O) groups excluding carboxylic acids is 1. The highest BCUT2D eigenvalue weighted by Crippen LogP contribution is 2.29. The molecule has 0 spiro atoms. The van der Waals surface area contributed by atoms with Gasteiger partial charge in [-0.25, -0.2) is 19.2 Å². The fraction of sp³-hybridized carbons (Fsp3) is 0.500. The molecule has 11 heteroatoms. The first kappa shape index (κ1) is 19.6. The molecule has 1 aliphatic heterocycles. The van der Waals surface area contributed by atoms with E-state index in [-0.39, 0.29) is 22.4 Å². The van der Waals surface area contributed by atoms with E-state index in [1.165, 1.54) is 0 Å². The Bertz CT molecular complexity index is 870. The summed E-state index contributed by atoms with van der Waals surface area (Å²) in [5, 5.41) is 12.5. The first-order valence-electron chi connectivity index (χ1n) is 8.45. The summed E-state index contributed by atoms with van der Waals surface area (Å²) in [5.74, 6) is -1.48. The third kappa shape index (κ3) is 4.06. The lowest BCUT2D eigenvalue weighted by Crippen LogP contribution is -2.52. The maximum absolute atomic E-state index is 14.6. The SMILES string of the molecule is CCc1[nH]c(C(=O)N[C@@H]2CCN(c3nc(C)c(C(=O)O)s3)C[C@@H]2F)nc1Cl. The molecule has 0 aromatic carbocycles. The molecule has 3 N–H and O–H groups in total. The van der Waals surface area contributed by atoms with E-state index in [2.05, 4.69) is 20.3 Å². The Morgan fingerprint density at radius 1 is 1.48 bits per heavy atom. The van der Waals surface area contributed by atoms with Gasteiger partial charge in [-0.1, -0.05) is 29.9 Å². The van der Waals surface area contributed by atoms with Crippen LogP contribution in [0.2, 0.25) is 5.15 Å². The molecule has 2 atom stereocenters. The van der Waals surface area contributed by atoms with E-state index >= 15 is 0 Å². The van der Waals surface area contributed by atoms with E-state index in [0.717, 1.165) is 11.3 Å². The lowest BCUT2D eigenvalue weighted by atomic mass is 10.0. The summed E-state index contributed by atoms with van der Waals surface area (Å²) in [5.41, 5.74) is 1.07. The highest BCUT2D eigenvalue weighted by Gasteiger charge is 2.33. The molecule has 1 aliphatic rings. The number of aromatic carboxylic acids is 1. The minimum atomic E-state index is -1.32. The van der Waals surface area contributed by atoms with Crippen LogP contribution < -0.4 is 10.2 Å². The number of nitrogens with one attached hydrogen (secondary N) is 2. The van der Waals surface area contributed by atoms with Gasteiger partial charge in [-0.2, -0.15) is 0 Å². The number of aromatic amines is 1. The number of hydrogen-bond acceptors (Lipinski definition) is 6. The van der Waals surface area contributed by atoms with Gasteiger partial charge in [-0.3, -0.25) is 4.79 Å². The summed E-state index contributed by atoms with van der Waals surface area (Å²) in [4.78, 5) is 36.3. The van der Waals surface area contributed by atoms with Gasteiger partial charge in [0.1, 0.15) is 11.0 Å². The zero-order valence-corrected chi connectivity index (χ0v) is 16.3. The van der Waals surface area contributed by atoms with Crippen molar-refractivity contribution in [2.24, 2.45) is 0 Å². The maximum atomic E-state index is 14.6. The number of rotatable bonds is 5. The van der Waals surface area contributed by atoms with Gasteiger partial charge in [0.05, 0.1) is 24.0 Å². The zero-order valence-electron chi connectivity index (χ0n) is 14.8. The molecule has 146 valence electrons. The van der Waals surface area contributed by atoms with Crippen molar-refractivity contribution in [2.45, 2.75) is 38.9 Å². The van der Waals surface area contributed by atoms with Gasteiger partial charge in [-0.05, 0) is 19.8 Å². The number of imidazole rings is 1. The van der Waals surface area contributed by atoms with Crippen LogP contribution in [-0.2, 0) is 6.42 Å². The third-order valence-corrected chi connectivity index (χ3v) is 5.92. The van der Waals surface area contributed by atoms with Crippen LogP contribution in [-0.4, -0.2) is 57.2 Å². The van der Waals surface area contributed by atoms with Crippen LogP contribution in [0, 0.1) is 6.92 Å². The van der Waals surface area contributed by atoms with Gasteiger partial charge in [-0.15, -0.1) is 0 Å². The second-order valence-corrected chi connectivity index (χ2v) is 7.59. The lowest BCUT2D eigenvalue weighted by Gasteiger charge is -2.34. The molecule has 0 unspecified atom stereocenters. The predicted octanol–water partition coefficient (Wildman–Crippen LogP) is 2.44. The molecule has 2 aromatic rings. The lowest BCUT2D eigenvalue weighted by molar-refractivity contribution is 0.0700.